The lowest BCUT2D eigenvalue weighted by Gasteiger charge is -2.57. The van der Waals surface area contributed by atoms with E-state index in [-0.39, 0.29) is 5.41 Å². The van der Waals surface area contributed by atoms with Crippen LogP contribution in [0.25, 0.3) is 89.5 Å². The molecule has 8 aromatic carbocycles. The van der Waals surface area contributed by atoms with Crippen LogP contribution in [-0.4, -0.2) is 0 Å². The first-order valence-electron chi connectivity index (χ1n) is 47.8. The maximum absolute atomic E-state index is 9.28. The molecule has 3 atom stereocenters. The third kappa shape index (κ3) is 16.2. The van der Waals surface area contributed by atoms with Crippen LogP contribution in [0.15, 0.2) is 267 Å². The van der Waals surface area contributed by atoms with Gasteiger partial charge in [0.15, 0.2) is 24.8 Å². The maximum Gasteiger partial charge on any atom is 0.213 e. The van der Waals surface area contributed by atoms with Gasteiger partial charge >= 0.3 is 0 Å². The number of aromatic nitrogens is 4. The maximum atomic E-state index is 9.28. The fraction of sp³-hybridized carbons (Fsp3) is 0.414. The normalized spacial score (nSPS) is 28.1. The second kappa shape index (κ2) is 33.0. The van der Waals surface area contributed by atoms with Gasteiger partial charge in [0.25, 0.3) is 0 Å². The van der Waals surface area contributed by atoms with Crippen molar-refractivity contribution in [1.29, 1.82) is 0 Å². The molecule has 4 nitrogen and oxygen atoms in total. The molecule has 0 spiro atoms. The Morgan fingerprint density at radius 2 is 0.600 bits per heavy atom. The van der Waals surface area contributed by atoms with E-state index in [0.717, 1.165) is 101 Å². The van der Waals surface area contributed by atoms with Crippen molar-refractivity contribution in [3.05, 3.63) is 312 Å². The molecule has 610 valence electrons. The van der Waals surface area contributed by atoms with Crippen LogP contribution in [0.1, 0.15) is 201 Å². The summed E-state index contributed by atoms with van der Waals surface area (Å²) in [7, 11) is 8.51. The van der Waals surface area contributed by atoms with Crippen molar-refractivity contribution in [2.75, 3.05) is 0 Å². The van der Waals surface area contributed by atoms with Crippen LogP contribution in [0.2, 0.25) is 0 Å². The van der Waals surface area contributed by atoms with Crippen LogP contribution in [0.4, 0.5) is 0 Å². The lowest BCUT2D eigenvalue weighted by atomic mass is 9.48. The van der Waals surface area contributed by atoms with Crippen molar-refractivity contribution in [2.24, 2.45) is 104 Å². The van der Waals surface area contributed by atoms with Crippen LogP contribution in [0.5, 0.6) is 0 Å². The summed E-state index contributed by atoms with van der Waals surface area (Å²) < 4.78 is 27.4. The number of nitrogens with zero attached hydrogens (tertiary/aromatic N) is 4. The van der Waals surface area contributed by atoms with Crippen LogP contribution in [0.3, 0.4) is 0 Å². The Morgan fingerprint density at radius 3 is 0.958 bits per heavy atom. The summed E-state index contributed by atoms with van der Waals surface area (Å²) in [5, 5.41) is 0. The summed E-state index contributed by atoms with van der Waals surface area (Å²) in [6.45, 7) is 8.74. The van der Waals surface area contributed by atoms with Gasteiger partial charge in [-0.1, -0.05) is 189 Å². The third-order valence-electron chi connectivity index (χ3n) is 32.5. The molecule has 26 rings (SSSR count). The van der Waals surface area contributed by atoms with Gasteiger partial charge in [0.1, 0.15) is 28.2 Å². The quantitative estimate of drug-likeness (QED) is 0.0965. The minimum Gasteiger partial charge on any atom is -0.201 e. The van der Waals surface area contributed by atoms with E-state index in [0.29, 0.717) is 10.8 Å². The molecule has 1 unspecified atom stereocenters. The largest absolute Gasteiger partial charge is 0.213 e. The molecule has 12 bridgehead atoms. The molecule has 14 fully saturated rings. The molecule has 0 radical (unpaired) electrons. The number of pyridine rings is 4. The van der Waals surface area contributed by atoms with Crippen LogP contribution in [-0.2, 0) is 46.4 Å². The van der Waals surface area contributed by atoms with Crippen molar-refractivity contribution >= 4 is 0 Å². The number of fused-ring (bicyclic) bond motifs is 1. The highest BCUT2D eigenvalue weighted by Gasteiger charge is 2.54. The van der Waals surface area contributed by atoms with Gasteiger partial charge in [-0.15, -0.1) is 0 Å². The van der Waals surface area contributed by atoms with Gasteiger partial charge in [0.2, 0.25) is 22.8 Å². The highest BCUT2D eigenvalue weighted by molar-refractivity contribution is 5.75. The molecule has 4 heterocycles. The monoisotopic (exact) mass is 1580 g/mol. The first-order chi connectivity index (χ1) is 59.2. The second-order valence-electron chi connectivity index (χ2n) is 41.1. The van der Waals surface area contributed by atoms with Gasteiger partial charge < -0.3 is 0 Å². The van der Waals surface area contributed by atoms with Crippen LogP contribution >= 0.6 is 0 Å². The zero-order valence-electron chi connectivity index (χ0n) is 75.1. The molecule has 4 aromatic heterocycles. The van der Waals surface area contributed by atoms with E-state index in [2.05, 4.69) is 342 Å². The Balaban J connectivity index is 0.000000104. The molecule has 0 saturated heterocycles. The zero-order chi connectivity index (χ0) is 83.2. The van der Waals surface area contributed by atoms with Gasteiger partial charge in [-0.3, -0.25) is 0 Å². The van der Waals surface area contributed by atoms with Gasteiger partial charge in [0.05, 0.1) is 0 Å². The smallest absolute Gasteiger partial charge is 0.201 e. The summed E-state index contributed by atoms with van der Waals surface area (Å²) >= 11 is 0. The Bertz CT molecular complexity index is 5710. The van der Waals surface area contributed by atoms with Crippen molar-refractivity contribution in [2.45, 2.75) is 200 Å². The van der Waals surface area contributed by atoms with E-state index < -0.39 is 6.37 Å². The molecular weight excluding hydrogens is 1450 g/mol. The SMILES string of the molecule is Cc1ccccc1-c1cc(-c2ccc(C3C[C@H]4CCC[C@H]4C3)cc2)cc[n+]1C.Cc1ccccc1-c1cc(-c2ccc(CC34CC5CC(CC(C5)C3)C4)cc2)cc[n+]1C.Cc1ccccc1-c1cc(-c2cccc(C34CC5CC(CC(C5)C3)C4)c2)cc[n+]1C.[2H]C([2H])(c1ccc(-c2cc[n+](C)c(-c3ccccc3C)c2)cc1)C12CC3CC(CC(C3)C1)C2. The van der Waals surface area contributed by atoms with Gasteiger partial charge in [0, 0.05) is 73.5 Å². The van der Waals surface area contributed by atoms with Gasteiger partial charge in [-0.2, -0.15) is 0 Å². The number of rotatable bonds is 14. The molecule has 4 heteroatoms. The van der Waals surface area contributed by atoms with E-state index in [4.69, 9.17) is 0 Å². The topological polar surface area (TPSA) is 15.5 Å². The van der Waals surface area contributed by atoms with Crippen molar-refractivity contribution < 1.29 is 21.0 Å². The average Bonchev–Trinajstić information content (AvgIpc) is 0.743. The second-order valence-corrected chi connectivity index (χ2v) is 41.1. The summed E-state index contributed by atoms with van der Waals surface area (Å²) in [5.41, 5.74) is 32.2. The summed E-state index contributed by atoms with van der Waals surface area (Å²) in [6.07, 6.45) is 41.2. The van der Waals surface area contributed by atoms with E-state index in [1.54, 1.807) is 16.7 Å². The minimum atomic E-state index is -1.25. The first-order valence-corrected chi connectivity index (χ1v) is 46.8. The summed E-state index contributed by atoms with van der Waals surface area (Å²) in [5.74, 6) is 11.2. The fourth-order valence-corrected chi connectivity index (χ4v) is 27.9. The molecule has 0 aliphatic heterocycles. The molecule has 14 aliphatic carbocycles. The molecule has 0 amide bonds. The molecule has 14 saturated carbocycles. The number of aryl methyl sites for hydroxylation is 8. The highest BCUT2D eigenvalue weighted by atomic mass is 14.9. The standard InChI is InChI=1S/2C30H34N.C29H32N.C27H30N/c2*1-21-5-3-4-6-28(21)29-16-27(11-12-31(29)2)26-9-7-22(8-10-26)17-30-18-23-13-24(19-30)15-25(14-23)20-30;1-20-6-3-4-9-27(20)28-16-25(10-11-30(28)2)24-7-5-8-26(15-24)29-17-21-12-22(18-29)14-23(13-21)19-29;1-19-6-3-4-9-26(19)27-18-24(14-15-28(27)2)20-10-12-21(13-11-20)25-16-22-7-5-8-23(22)17-25/h2*3-12,16,23-25H,13-15,17-20H2,1-2H3;3-11,15-16,21-23H,12-14,17-19H2,1-2H3;3-4,6,9-15,18,22-23,25H,5,7-8,16-17H2,1-2H3/q4*+1/t;;;22-,23+,25?/i17D2;;;. The first kappa shape index (κ1) is 76.5. The number of hydrogen-bond acceptors (Lipinski definition) is 0. The van der Waals surface area contributed by atoms with Crippen LogP contribution < -0.4 is 18.3 Å². The predicted molar refractivity (Wildman–Crippen MR) is 494 cm³/mol. The van der Waals surface area contributed by atoms with E-state index in [9.17, 15) is 2.74 Å². The number of hydrogen-bond donors (Lipinski definition) is 0. The van der Waals surface area contributed by atoms with E-state index in [1.165, 1.54) is 241 Å². The Kier molecular flexibility index (Phi) is 21.0. The van der Waals surface area contributed by atoms with Crippen LogP contribution in [0, 0.1) is 104 Å². The summed E-state index contributed by atoms with van der Waals surface area (Å²) in [4.78, 5) is 0. The van der Waals surface area contributed by atoms with Crippen molar-refractivity contribution in [3.8, 4) is 89.5 Å². The predicted octanol–water partition coefficient (Wildman–Crippen LogP) is 26.9. The Labute approximate surface area is 721 Å². The zero-order valence-corrected chi connectivity index (χ0v) is 73.1. The molecule has 120 heavy (non-hydrogen) atoms. The lowest BCUT2D eigenvalue weighted by Crippen LogP contribution is -2.48. The number of benzene rings is 8. The van der Waals surface area contributed by atoms with Crippen molar-refractivity contribution in [3.63, 3.8) is 0 Å². The molecule has 0 N–H and O–H groups in total. The molecule has 12 aromatic rings. The average molecular weight is 1580 g/mol. The van der Waals surface area contributed by atoms with Crippen molar-refractivity contribution in [1.82, 2.24) is 0 Å². The van der Waals surface area contributed by atoms with E-state index in [1.807, 2.05) is 0 Å². The Morgan fingerprint density at radius 1 is 0.292 bits per heavy atom. The molecular formula is C116H130N4+4. The highest BCUT2D eigenvalue weighted by Crippen LogP contribution is 2.64. The van der Waals surface area contributed by atoms with Gasteiger partial charge in [-0.25, -0.2) is 18.3 Å². The lowest BCUT2D eigenvalue weighted by molar-refractivity contribution is -0.660. The fourth-order valence-electron chi connectivity index (χ4n) is 27.9. The minimum absolute atomic E-state index is 0.151. The van der Waals surface area contributed by atoms with E-state index >= 15 is 0 Å². The summed E-state index contributed by atoms with van der Waals surface area (Å²) in [6, 6.07) is 89.7. The third-order valence-corrected chi connectivity index (χ3v) is 32.5. The molecule has 14 aliphatic rings. The van der Waals surface area contributed by atoms with Gasteiger partial charge in [-0.05, 0) is 369 Å². The Hall–Kier alpha value is -9.64.